The van der Waals surface area contributed by atoms with Crippen molar-refractivity contribution >= 4 is 16.7 Å². The fourth-order valence-corrected chi connectivity index (χ4v) is 2.33. The van der Waals surface area contributed by atoms with Crippen LogP contribution in [0.2, 0.25) is 0 Å². The van der Waals surface area contributed by atoms with Crippen LogP contribution < -0.4 is 0 Å². The van der Waals surface area contributed by atoms with Gasteiger partial charge in [-0.25, -0.2) is 4.98 Å². The van der Waals surface area contributed by atoms with E-state index in [2.05, 4.69) is 24.0 Å². The molecule has 0 aliphatic heterocycles. The zero-order valence-corrected chi connectivity index (χ0v) is 10.9. The average Bonchev–Trinajstić information content (AvgIpc) is 2.90. The summed E-state index contributed by atoms with van der Waals surface area (Å²) in [4.78, 5) is 14.6. The molecule has 0 amide bonds. The molecule has 0 N–H and O–H groups in total. The number of nitro benzene ring substituents is 1. The van der Waals surface area contributed by atoms with E-state index in [1.807, 2.05) is 22.8 Å². The van der Waals surface area contributed by atoms with Crippen LogP contribution in [-0.4, -0.2) is 14.5 Å². The number of nitrogens with zero attached hydrogens (tertiary/aromatic N) is 3. The van der Waals surface area contributed by atoms with Gasteiger partial charge in [0.1, 0.15) is 0 Å². The highest BCUT2D eigenvalue weighted by Gasteiger charge is 2.14. The number of rotatable bonds is 3. The number of imidazole rings is 1. The average molecular weight is 267 g/mol. The molecule has 0 fully saturated rings. The Labute approximate surface area is 115 Å². The quantitative estimate of drug-likeness (QED) is 0.538. The van der Waals surface area contributed by atoms with Crippen LogP contribution in [0.3, 0.4) is 0 Å². The van der Waals surface area contributed by atoms with Gasteiger partial charge in [0.2, 0.25) is 0 Å². The van der Waals surface area contributed by atoms with Crippen molar-refractivity contribution in [3.8, 4) is 0 Å². The molecule has 0 bridgehead atoms. The van der Waals surface area contributed by atoms with Crippen molar-refractivity contribution in [3.63, 3.8) is 0 Å². The first-order valence-corrected chi connectivity index (χ1v) is 6.33. The molecule has 0 unspecified atom stereocenters. The van der Waals surface area contributed by atoms with Gasteiger partial charge in [-0.2, -0.15) is 0 Å². The van der Waals surface area contributed by atoms with E-state index in [1.54, 1.807) is 12.4 Å². The number of benzene rings is 2. The van der Waals surface area contributed by atoms with E-state index >= 15 is 0 Å². The minimum Gasteiger partial charge on any atom is -0.323 e. The van der Waals surface area contributed by atoms with Gasteiger partial charge >= 0.3 is 0 Å². The Morgan fingerprint density at radius 3 is 2.65 bits per heavy atom. The van der Waals surface area contributed by atoms with Crippen LogP contribution >= 0.6 is 0 Å². The van der Waals surface area contributed by atoms with Crippen LogP contribution in [0.15, 0.2) is 54.9 Å². The lowest BCUT2D eigenvalue weighted by atomic mass is 10.1. The molecule has 0 spiro atoms. The monoisotopic (exact) mass is 267 g/mol. The first kappa shape index (κ1) is 12.3. The van der Waals surface area contributed by atoms with E-state index in [0.717, 1.165) is 5.52 Å². The molecular formula is C15H13N3O2. The second-order valence-electron chi connectivity index (χ2n) is 4.67. The summed E-state index contributed by atoms with van der Waals surface area (Å²) in [6.45, 7) is 2.08. The number of aromatic nitrogens is 2. The summed E-state index contributed by atoms with van der Waals surface area (Å²) in [6, 6.07) is 15.0. The highest BCUT2D eigenvalue weighted by molar-refractivity contribution is 5.78. The van der Waals surface area contributed by atoms with E-state index < -0.39 is 4.92 Å². The van der Waals surface area contributed by atoms with E-state index in [4.69, 9.17) is 0 Å². The molecule has 3 aromatic rings. The maximum Gasteiger partial charge on any atom is 0.271 e. The summed E-state index contributed by atoms with van der Waals surface area (Å²) in [5, 5.41) is 10.8. The Morgan fingerprint density at radius 2 is 1.95 bits per heavy atom. The molecule has 0 saturated heterocycles. The van der Waals surface area contributed by atoms with Gasteiger partial charge in [-0.3, -0.25) is 10.1 Å². The maximum atomic E-state index is 10.8. The van der Waals surface area contributed by atoms with E-state index in [9.17, 15) is 10.1 Å². The molecule has 0 aliphatic rings. The van der Waals surface area contributed by atoms with Crippen LogP contribution in [-0.2, 0) is 0 Å². The SMILES string of the molecule is C[C@@H](c1ccccc1)n1cnc2cc([N+](=O)[O-])ccc21. The highest BCUT2D eigenvalue weighted by atomic mass is 16.6. The highest BCUT2D eigenvalue weighted by Crippen LogP contribution is 2.25. The smallest absolute Gasteiger partial charge is 0.271 e. The van der Waals surface area contributed by atoms with Crippen molar-refractivity contribution in [2.45, 2.75) is 13.0 Å². The van der Waals surface area contributed by atoms with Gasteiger partial charge in [-0.05, 0) is 18.6 Å². The summed E-state index contributed by atoms with van der Waals surface area (Å²) >= 11 is 0. The van der Waals surface area contributed by atoms with Crippen molar-refractivity contribution in [3.05, 3.63) is 70.5 Å². The molecule has 0 saturated carbocycles. The first-order valence-electron chi connectivity index (χ1n) is 6.33. The number of hydrogen-bond donors (Lipinski definition) is 0. The Bertz CT molecular complexity index is 765. The maximum absolute atomic E-state index is 10.8. The van der Waals surface area contributed by atoms with Crippen LogP contribution in [0.5, 0.6) is 0 Å². The van der Waals surface area contributed by atoms with Crippen LogP contribution in [0, 0.1) is 10.1 Å². The van der Waals surface area contributed by atoms with Gasteiger partial charge in [0, 0.05) is 12.1 Å². The van der Waals surface area contributed by atoms with Crippen molar-refractivity contribution in [1.82, 2.24) is 9.55 Å². The van der Waals surface area contributed by atoms with Crippen molar-refractivity contribution in [2.24, 2.45) is 0 Å². The Hall–Kier alpha value is -2.69. The van der Waals surface area contributed by atoms with Gasteiger partial charge in [-0.1, -0.05) is 30.3 Å². The molecule has 1 heterocycles. The lowest BCUT2D eigenvalue weighted by Gasteiger charge is -2.14. The predicted molar refractivity (Wildman–Crippen MR) is 76.6 cm³/mol. The predicted octanol–water partition coefficient (Wildman–Crippen LogP) is 3.55. The summed E-state index contributed by atoms with van der Waals surface area (Å²) < 4.78 is 2.02. The molecule has 20 heavy (non-hydrogen) atoms. The molecule has 3 rings (SSSR count). The van der Waals surface area contributed by atoms with Gasteiger partial charge in [-0.15, -0.1) is 0 Å². The van der Waals surface area contributed by atoms with E-state index in [1.165, 1.54) is 17.7 Å². The molecule has 2 aromatic carbocycles. The van der Waals surface area contributed by atoms with Crippen LogP contribution in [0.25, 0.3) is 11.0 Å². The van der Waals surface area contributed by atoms with Crippen molar-refractivity contribution in [1.29, 1.82) is 0 Å². The van der Waals surface area contributed by atoms with Crippen LogP contribution in [0.1, 0.15) is 18.5 Å². The van der Waals surface area contributed by atoms with E-state index in [-0.39, 0.29) is 11.7 Å². The summed E-state index contributed by atoms with van der Waals surface area (Å²) in [7, 11) is 0. The Balaban J connectivity index is 2.07. The standard InChI is InChI=1S/C15H13N3O2/c1-11(12-5-3-2-4-6-12)17-10-16-14-9-13(18(19)20)7-8-15(14)17/h2-11H,1H3/t11-/m0/s1. The molecule has 1 aromatic heterocycles. The second-order valence-corrected chi connectivity index (χ2v) is 4.67. The molecule has 0 aliphatic carbocycles. The largest absolute Gasteiger partial charge is 0.323 e. The molecule has 1 atom stereocenters. The molecule has 100 valence electrons. The molecular weight excluding hydrogens is 254 g/mol. The third-order valence-corrected chi connectivity index (χ3v) is 3.47. The lowest BCUT2D eigenvalue weighted by molar-refractivity contribution is -0.384. The summed E-state index contributed by atoms with van der Waals surface area (Å²) in [6.07, 6.45) is 1.73. The molecule has 5 nitrogen and oxygen atoms in total. The Kier molecular flexibility index (Phi) is 2.95. The topological polar surface area (TPSA) is 61.0 Å². The summed E-state index contributed by atoms with van der Waals surface area (Å²) in [5.41, 5.74) is 2.77. The van der Waals surface area contributed by atoms with Gasteiger partial charge < -0.3 is 4.57 Å². The third kappa shape index (κ3) is 2.03. The van der Waals surface area contributed by atoms with Crippen LogP contribution in [0.4, 0.5) is 5.69 Å². The van der Waals surface area contributed by atoms with Gasteiger partial charge in [0.15, 0.2) is 0 Å². The van der Waals surface area contributed by atoms with Crippen molar-refractivity contribution < 1.29 is 4.92 Å². The lowest BCUT2D eigenvalue weighted by Crippen LogP contribution is -2.05. The molecule has 0 radical (unpaired) electrons. The second kappa shape index (κ2) is 4.77. The Morgan fingerprint density at radius 1 is 1.20 bits per heavy atom. The number of nitro groups is 1. The number of hydrogen-bond acceptors (Lipinski definition) is 3. The number of non-ortho nitro benzene ring substituents is 1. The normalized spacial score (nSPS) is 12.4. The fourth-order valence-electron chi connectivity index (χ4n) is 2.33. The number of fused-ring (bicyclic) bond motifs is 1. The fraction of sp³-hybridized carbons (Fsp3) is 0.133. The minimum absolute atomic E-state index is 0.0649. The third-order valence-electron chi connectivity index (χ3n) is 3.47. The molecule has 5 heteroatoms. The minimum atomic E-state index is -0.404. The zero-order chi connectivity index (χ0) is 14.1. The zero-order valence-electron chi connectivity index (χ0n) is 10.9. The summed E-state index contributed by atoms with van der Waals surface area (Å²) in [5.74, 6) is 0. The first-order chi connectivity index (χ1) is 9.66. The van der Waals surface area contributed by atoms with Gasteiger partial charge in [0.05, 0.1) is 28.3 Å². The van der Waals surface area contributed by atoms with Crippen molar-refractivity contribution in [2.75, 3.05) is 0 Å². The van der Waals surface area contributed by atoms with Gasteiger partial charge in [0.25, 0.3) is 5.69 Å². The van der Waals surface area contributed by atoms with E-state index in [0.29, 0.717) is 5.52 Å².